The number of carbonyl (C=O) groups is 3. The van der Waals surface area contributed by atoms with Gasteiger partial charge in [-0.2, -0.15) is 13.2 Å². The van der Waals surface area contributed by atoms with Crippen molar-refractivity contribution in [2.45, 2.75) is 19.0 Å². The van der Waals surface area contributed by atoms with Gasteiger partial charge in [0.15, 0.2) is 6.33 Å². The van der Waals surface area contributed by atoms with Gasteiger partial charge in [-0.15, -0.1) is 20.4 Å². The third-order valence-corrected chi connectivity index (χ3v) is 9.83. The fourth-order valence-corrected chi connectivity index (χ4v) is 6.25. The van der Waals surface area contributed by atoms with Crippen molar-refractivity contribution in [2.24, 2.45) is 0 Å². The van der Waals surface area contributed by atoms with Crippen LogP contribution < -0.4 is 21.5 Å². The Morgan fingerprint density at radius 2 is 0.923 bits per heavy atom. The number of carbonyl (C=O) groups excluding carboxylic acids is 3. The predicted octanol–water partition coefficient (Wildman–Crippen LogP) is -0.813. The minimum absolute atomic E-state index is 0.0189. The third kappa shape index (κ3) is 39.5. The fraction of sp³-hybridized carbons (Fsp3) is 0.718. The molecule has 65 heavy (non-hydrogen) atoms. The number of nitrogens with one attached hydrogen (secondary N) is 2. The first-order chi connectivity index (χ1) is 31.6. The number of benzene rings is 1. The lowest BCUT2D eigenvalue weighted by atomic mass is 10.1. The van der Waals surface area contributed by atoms with Gasteiger partial charge in [-0.25, -0.2) is 0 Å². The molecule has 0 radical (unpaired) electrons. The Hall–Kier alpha value is -3.38. The Morgan fingerprint density at radius 1 is 0.554 bits per heavy atom. The van der Waals surface area contributed by atoms with Crippen LogP contribution in [-0.2, 0) is 68.2 Å². The highest BCUT2D eigenvalue weighted by Gasteiger charge is 2.28. The number of aromatic nitrogens is 4. The first kappa shape index (κ1) is 59.6. The minimum atomic E-state index is -5.19. The first-order valence-corrected chi connectivity index (χ1v) is 23.3. The molecule has 2 rings (SSSR count). The second kappa shape index (κ2) is 43.2. The van der Waals surface area contributed by atoms with E-state index in [0.29, 0.717) is 163 Å². The number of quaternary nitrogens is 1. The van der Waals surface area contributed by atoms with E-state index in [9.17, 15) is 22.8 Å². The molecule has 2 aromatic rings. The molecule has 0 atom stereocenters. The highest BCUT2D eigenvalue weighted by molar-refractivity contribution is 8.76. The molecule has 0 fully saturated rings. The van der Waals surface area contributed by atoms with E-state index in [0.717, 1.165) is 23.4 Å². The van der Waals surface area contributed by atoms with Crippen LogP contribution in [0.5, 0.6) is 0 Å². The van der Waals surface area contributed by atoms with Crippen molar-refractivity contribution in [3.05, 3.63) is 36.2 Å². The van der Waals surface area contributed by atoms with Crippen molar-refractivity contribution in [3.8, 4) is 11.4 Å². The van der Waals surface area contributed by atoms with Gasteiger partial charge in [0.25, 0.3) is 0 Å². The maximum Gasteiger partial charge on any atom is 0.430 e. The van der Waals surface area contributed by atoms with E-state index in [1.807, 2.05) is 24.3 Å². The predicted molar refractivity (Wildman–Crippen MR) is 229 cm³/mol. The van der Waals surface area contributed by atoms with Crippen LogP contribution in [0, 0.1) is 0 Å². The fourth-order valence-electron chi connectivity index (χ4n) is 4.36. The van der Waals surface area contributed by atoms with Gasteiger partial charge in [0.1, 0.15) is 5.97 Å². The summed E-state index contributed by atoms with van der Waals surface area (Å²) in [7, 11) is 3.23. The molecule has 0 unspecified atom stereocenters. The highest BCUT2D eigenvalue weighted by Crippen LogP contribution is 2.21. The number of amides is 2. The summed E-state index contributed by atoms with van der Waals surface area (Å²) in [4.78, 5) is 33.1. The standard InChI is InChI=1S/C37H63N7O12S2.C2HF3O2/c38-6-9-47-11-13-49-15-17-51-19-21-53-23-25-55-27-28-56-26-24-54-22-20-52-18-16-50-14-12-48-10-7-39-35(45)5-29-57-58-30-8-40-36(46)31-33-1-3-34(4-2-33)37-43-41-32-42-44-37;3-2(4,5)1(6)7/h1-4,32H,5-31,38H2,(H,39,45)(H,40,46);(H,6,7). The zero-order valence-corrected chi connectivity index (χ0v) is 38.3. The molecule has 0 saturated heterocycles. The van der Waals surface area contributed by atoms with Gasteiger partial charge < -0.3 is 73.6 Å². The third-order valence-electron chi connectivity index (χ3n) is 7.43. The molecule has 26 heteroatoms. The summed E-state index contributed by atoms with van der Waals surface area (Å²) < 4.78 is 86.1. The largest absolute Gasteiger partial charge is 0.542 e. The van der Waals surface area contributed by atoms with E-state index in [1.165, 1.54) is 6.33 Å². The number of ether oxygens (including phenoxy) is 10. The number of nitrogens with zero attached hydrogens (tertiary/aromatic N) is 4. The van der Waals surface area contributed by atoms with Crippen LogP contribution in [0.1, 0.15) is 12.0 Å². The number of carboxylic acids is 1. The number of hydrogen-bond acceptors (Lipinski definition) is 20. The summed E-state index contributed by atoms with van der Waals surface area (Å²) in [6, 6.07) is 7.41. The van der Waals surface area contributed by atoms with Gasteiger partial charge in [0, 0.05) is 36.6 Å². The molecule has 0 aliphatic rings. The summed E-state index contributed by atoms with van der Waals surface area (Å²) in [6.07, 6.45) is -3.22. The zero-order chi connectivity index (χ0) is 47.3. The highest BCUT2D eigenvalue weighted by atomic mass is 33.1. The average Bonchev–Trinajstić information content (AvgIpc) is 3.29. The molecule has 0 spiro atoms. The van der Waals surface area contributed by atoms with E-state index < -0.39 is 12.1 Å². The quantitative estimate of drug-likeness (QED) is 0.0542. The van der Waals surface area contributed by atoms with Crippen molar-refractivity contribution >= 4 is 39.4 Å². The van der Waals surface area contributed by atoms with Gasteiger partial charge in [0.2, 0.25) is 17.6 Å². The van der Waals surface area contributed by atoms with Crippen LogP contribution in [0.25, 0.3) is 11.4 Å². The van der Waals surface area contributed by atoms with Gasteiger partial charge in [-0.05, 0) is 5.56 Å². The van der Waals surface area contributed by atoms with Crippen molar-refractivity contribution < 1.29 is 85.8 Å². The van der Waals surface area contributed by atoms with Gasteiger partial charge >= 0.3 is 6.18 Å². The van der Waals surface area contributed by atoms with E-state index in [2.05, 4.69) is 36.8 Å². The normalized spacial score (nSPS) is 11.3. The molecule has 1 heterocycles. The van der Waals surface area contributed by atoms with E-state index in [-0.39, 0.29) is 18.2 Å². The van der Waals surface area contributed by atoms with E-state index >= 15 is 0 Å². The van der Waals surface area contributed by atoms with Crippen LogP contribution in [0.15, 0.2) is 30.6 Å². The van der Waals surface area contributed by atoms with Crippen molar-refractivity contribution in [3.63, 3.8) is 0 Å². The monoisotopic (exact) mass is 975 g/mol. The molecule has 0 aliphatic carbocycles. The molecule has 21 nitrogen and oxygen atoms in total. The Kier molecular flexibility index (Phi) is 39.6. The number of rotatable bonds is 42. The molecule has 1 aromatic carbocycles. The summed E-state index contributed by atoms with van der Waals surface area (Å²) in [5.74, 6) is -1.21. The zero-order valence-electron chi connectivity index (χ0n) is 36.6. The van der Waals surface area contributed by atoms with Gasteiger partial charge in [0.05, 0.1) is 145 Å². The number of halogens is 3. The van der Waals surface area contributed by atoms with Crippen LogP contribution in [0.3, 0.4) is 0 Å². The molecule has 372 valence electrons. The molecular formula is C39H64F3N7O14S2. The summed E-state index contributed by atoms with van der Waals surface area (Å²) in [5.41, 5.74) is 5.38. The number of alkyl halides is 3. The first-order valence-electron chi connectivity index (χ1n) is 20.9. The lowest BCUT2D eigenvalue weighted by Gasteiger charge is -2.09. The van der Waals surface area contributed by atoms with Crippen LogP contribution in [0.4, 0.5) is 13.2 Å². The Morgan fingerprint density at radius 3 is 1.32 bits per heavy atom. The molecule has 0 saturated carbocycles. The van der Waals surface area contributed by atoms with Gasteiger partial charge in [-0.1, -0.05) is 45.9 Å². The molecule has 0 aliphatic heterocycles. The van der Waals surface area contributed by atoms with Crippen molar-refractivity contribution in [1.29, 1.82) is 0 Å². The van der Waals surface area contributed by atoms with Crippen LogP contribution in [-0.4, -0.2) is 208 Å². The average molecular weight is 976 g/mol. The maximum absolute atomic E-state index is 12.2. The Labute approximate surface area is 385 Å². The summed E-state index contributed by atoms with van der Waals surface area (Å²) in [6.45, 7) is 11.8. The number of hydrogen-bond donors (Lipinski definition) is 3. The second-order valence-electron chi connectivity index (χ2n) is 12.6. The summed E-state index contributed by atoms with van der Waals surface area (Å²) in [5, 5.41) is 29.9. The lowest BCUT2D eigenvalue weighted by molar-refractivity contribution is -0.374. The Bertz CT molecular complexity index is 1440. The lowest BCUT2D eigenvalue weighted by Crippen LogP contribution is -2.52. The molecule has 2 amide bonds. The maximum atomic E-state index is 12.2. The van der Waals surface area contributed by atoms with Gasteiger partial charge in [-0.3, -0.25) is 9.59 Å². The van der Waals surface area contributed by atoms with Crippen molar-refractivity contribution in [1.82, 2.24) is 31.0 Å². The molecule has 0 bridgehead atoms. The number of aliphatic carboxylic acids is 1. The molecule has 1 aromatic heterocycles. The smallest absolute Gasteiger partial charge is 0.430 e. The second-order valence-corrected chi connectivity index (χ2v) is 15.3. The van der Waals surface area contributed by atoms with Crippen LogP contribution >= 0.6 is 21.6 Å². The Balaban J connectivity index is 0.00000277. The molecule has 5 N–H and O–H groups in total. The van der Waals surface area contributed by atoms with E-state index in [4.69, 9.17) is 57.3 Å². The minimum Gasteiger partial charge on any atom is -0.542 e. The van der Waals surface area contributed by atoms with Crippen LogP contribution in [0.2, 0.25) is 0 Å². The topological polar surface area (TPSA) is 270 Å². The molecular weight excluding hydrogens is 912 g/mol. The SMILES string of the molecule is O=C([O-])C(F)(F)F.[NH3+]CCOCCOCCOCCOCCOCCOCCOCCOCCOCCOCCNC(=O)CCSSCCNC(=O)Cc1ccc(-c2nncnn2)cc1. The summed E-state index contributed by atoms with van der Waals surface area (Å²) >= 11 is 0. The van der Waals surface area contributed by atoms with Crippen molar-refractivity contribution in [2.75, 3.05) is 163 Å². The van der Waals surface area contributed by atoms with E-state index in [1.54, 1.807) is 21.6 Å². The number of carboxylic acid groups (broad SMARTS) is 1.